The van der Waals surface area contributed by atoms with E-state index in [-0.39, 0.29) is 0 Å². The average molecular weight is 177 g/mol. The molecule has 0 nitrogen and oxygen atoms in total. The standard InChI is InChI=1S/C5H6SSe/c6-7-4-2-1-3-5-7/h1-4H,5H2. The maximum atomic E-state index is 5.08. The summed E-state index contributed by atoms with van der Waals surface area (Å²) in [5, 5.41) is 1.16. The van der Waals surface area contributed by atoms with Crippen molar-refractivity contribution in [2.75, 3.05) is 0 Å². The molecule has 0 saturated carbocycles. The molecular weight excluding hydrogens is 171 g/mol. The molecule has 1 aliphatic rings. The summed E-state index contributed by atoms with van der Waals surface area (Å²) in [7, 11) is 5.08. The molecule has 0 amide bonds. The van der Waals surface area contributed by atoms with Crippen LogP contribution in [0.3, 0.4) is 0 Å². The van der Waals surface area contributed by atoms with Crippen molar-refractivity contribution < 1.29 is 0 Å². The first kappa shape index (κ1) is 5.36. The normalized spacial score (nSPS) is 28.3. The summed E-state index contributed by atoms with van der Waals surface area (Å²) in [6.45, 7) is 0. The Morgan fingerprint density at radius 1 is 1.43 bits per heavy atom. The topological polar surface area (TPSA) is 0 Å². The third kappa shape index (κ3) is 1.64. The van der Waals surface area contributed by atoms with Crippen LogP contribution in [0, 0.1) is 0 Å². The van der Waals surface area contributed by atoms with Crippen molar-refractivity contribution >= 4 is 22.8 Å². The zero-order chi connectivity index (χ0) is 5.11. The first-order valence-electron chi connectivity index (χ1n) is 2.10. The van der Waals surface area contributed by atoms with Gasteiger partial charge in [0.25, 0.3) is 0 Å². The van der Waals surface area contributed by atoms with E-state index < -0.39 is 12.3 Å². The Bertz CT molecular complexity index is 135. The van der Waals surface area contributed by atoms with Crippen molar-refractivity contribution in [3.63, 3.8) is 0 Å². The van der Waals surface area contributed by atoms with Crippen molar-refractivity contribution in [3.05, 3.63) is 23.2 Å². The Morgan fingerprint density at radius 2 is 2.29 bits per heavy atom. The number of hydrogen-bond acceptors (Lipinski definition) is 1. The molecule has 0 fully saturated rings. The van der Waals surface area contributed by atoms with E-state index in [2.05, 4.69) is 23.2 Å². The third-order valence-electron chi connectivity index (χ3n) is 0.738. The van der Waals surface area contributed by atoms with Gasteiger partial charge in [-0.3, -0.25) is 0 Å². The Morgan fingerprint density at radius 3 is 2.57 bits per heavy atom. The second-order valence-electron chi connectivity index (χ2n) is 1.30. The quantitative estimate of drug-likeness (QED) is 0.509. The molecule has 2 heteroatoms. The van der Waals surface area contributed by atoms with E-state index in [0.29, 0.717) is 0 Å². The van der Waals surface area contributed by atoms with Gasteiger partial charge in [0.15, 0.2) is 0 Å². The summed E-state index contributed by atoms with van der Waals surface area (Å²) >= 11 is -0.666. The maximum absolute atomic E-state index is 5.08. The van der Waals surface area contributed by atoms with E-state index in [1.54, 1.807) is 0 Å². The molecule has 0 bridgehead atoms. The first-order chi connectivity index (χ1) is 3.39. The molecule has 1 heterocycles. The summed E-state index contributed by atoms with van der Waals surface area (Å²) in [5.41, 5.74) is 0. The van der Waals surface area contributed by atoms with Gasteiger partial charge in [0.1, 0.15) is 0 Å². The van der Waals surface area contributed by atoms with Crippen LogP contribution in [0.4, 0.5) is 0 Å². The van der Waals surface area contributed by atoms with E-state index >= 15 is 0 Å². The zero-order valence-electron chi connectivity index (χ0n) is 3.83. The predicted molar refractivity (Wildman–Crippen MR) is 36.4 cm³/mol. The second-order valence-corrected chi connectivity index (χ2v) is 6.40. The van der Waals surface area contributed by atoms with Gasteiger partial charge >= 0.3 is 51.3 Å². The number of hydrogen-bond donors (Lipinski definition) is 0. The van der Waals surface area contributed by atoms with Crippen molar-refractivity contribution in [1.82, 2.24) is 0 Å². The summed E-state index contributed by atoms with van der Waals surface area (Å²) in [4.78, 5) is 2.16. The molecule has 0 radical (unpaired) electrons. The minimum atomic E-state index is -0.666. The van der Waals surface area contributed by atoms with Gasteiger partial charge in [-0.05, 0) is 0 Å². The Balaban J connectivity index is 2.66. The van der Waals surface area contributed by atoms with E-state index in [0.717, 1.165) is 5.32 Å². The van der Waals surface area contributed by atoms with Crippen molar-refractivity contribution in [2.45, 2.75) is 5.32 Å². The van der Waals surface area contributed by atoms with E-state index in [4.69, 9.17) is 10.6 Å². The van der Waals surface area contributed by atoms with Crippen LogP contribution in [-0.2, 0) is 0 Å². The van der Waals surface area contributed by atoms with Gasteiger partial charge < -0.3 is 0 Å². The molecule has 0 N–H and O–H groups in total. The van der Waals surface area contributed by atoms with E-state index in [1.807, 2.05) is 0 Å². The molecule has 0 aromatic heterocycles. The van der Waals surface area contributed by atoms with Crippen molar-refractivity contribution in [2.24, 2.45) is 0 Å². The molecule has 0 aliphatic carbocycles. The van der Waals surface area contributed by atoms with Crippen LogP contribution in [0.2, 0.25) is 5.32 Å². The fraction of sp³-hybridized carbons (Fsp3) is 0.200. The Kier molecular flexibility index (Phi) is 1.92. The van der Waals surface area contributed by atoms with Crippen LogP contribution >= 0.6 is 10.6 Å². The number of rotatable bonds is 0. The Hall–Kier alpha value is 0.219. The van der Waals surface area contributed by atoms with Gasteiger partial charge in [0.2, 0.25) is 0 Å². The molecule has 0 spiro atoms. The van der Waals surface area contributed by atoms with Crippen LogP contribution in [0.25, 0.3) is 0 Å². The van der Waals surface area contributed by atoms with E-state index in [1.165, 1.54) is 0 Å². The van der Waals surface area contributed by atoms with Crippen molar-refractivity contribution in [3.8, 4) is 0 Å². The molecule has 38 valence electrons. The van der Waals surface area contributed by atoms with Crippen LogP contribution in [0.1, 0.15) is 0 Å². The summed E-state index contributed by atoms with van der Waals surface area (Å²) < 4.78 is 0. The second kappa shape index (κ2) is 2.51. The molecular formula is C5H6SSe. The van der Waals surface area contributed by atoms with Crippen LogP contribution < -0.4 is 0 Å². The van der Waals surface area contributed by atoms with Crippen molar-refractivity contribution in [1.29, 1.82) is 0 Å². The fourth-order valence-electron chi connectivity index (χ4n) is 0.418. The van der Waals surface area contributed by atoms with E-state index in [9.17, 15) is 0 Å². The summed E-state index contributed by atoms with van der Waals surface area (Å²) in [6.07, 6.45) is 6.27. The monoisotopic (exact) mass is 178 g/mol. The first-order valence-corrected chi connectivity index (χ1v) is 6.73. The van der Waals surface area contributed by atoms with Gasteiger partial charge in [-0.25, -0.2) is 0 Å². The third-order valence-corrected chi connectivity index (χ3v) is 4.08. The van der Waals surface area contributed by atoms with Crippen LogP contribution in [0.5, 0.6) is 0 Å². The molecule has 0 saturated heterocycles. The van der Waals surface area contributed by atoms with Gasteiger partial charge in [0.05, 0.1) is 0 Å². The molecule has 0 aromatic rings. The SMILES string of the molecule is S=[Se]1C=CC=CC1. The predicted octanol–water partition coefficient (Wildman–Crippen LogP) is 1.84. The van der Waals surface area contributed by atoms with Crippen LogP contribution in [-0.4, -0.2) is 12.3 Å². The van der Waals surface area contributed by atoms with Gasteiger partial charge in [0, 0.05) is 0 Å². The fourth-order valence-corrected chi connectivity index (χ4v) is 2.58. The molecule has 1 atom stereocenters. The average Bonchev–Trinajstić information content (AvgIpc) is 1.69. The van der Waals surface area contributed by atoms with Crippen LogP contribution in [0.15, 0.2) is 23.2 Å². The molecule has 0 aromatic carbocycles. The zero-order valence-corrected chi connectivity index (χ0v) is 6.36. The number of allylic oxidation sites excluding steroid dienone is 3. The van der Waals surface area contributed by atoms with Gasteiger partial charge in [-0.2, -0.15) is 0 Å². The van der Waals surface area contributed by atoms with Gasteiger partial charge in [-0.1, -0.05) is 0 Å². The molecule has 1 aliphatic heterocycles. The molecule has 1 rings (SSSR count). The summed E-state index contributed by atoms with van der Waals surface area (Å²) in [5.74, 6) is 0. The summed E-state index contributed by atoms with van der Waals surface area (Å²) in [6, 6.07) is 0. The minimum absolute atomic E-state index is 0.666. The Labute approximate surface area is 51.7 Å². The molecule has 1 unspecified atom stereocenters. The van der Waals surface area contributed by atoms with Gasteiger partial charge in [-0.15, -0.1) is 0 Å². The molecule has 7 heavy (non-hydrogen) atoms.